The van der Waals surface area contributed by atoms with Gasteiger partial charge in [-0.3, -0.25) is 14.9 Å². The van der Waals surface area contributed by atoms with E-state index in [1.165, 1.54) is 22.8 Å². The number of rotatable bonds is 6. The third-order valence-electron chi connectivity index (χ3n) is 6.30. The van der Waals surface area contributed by atoms with E-state index in [0.717, 1.165) is 21.6 Å². The zero-order chi connectivity index (χ0) is 26.0. The molecule has 1 heterocycles. The van der Waals surface area contributed by atoms with Crippen LogP contribution in [-0.2, 0) is 16.0 Å². The summed E-state index contributed by atoms with van der Waals surface area (Å²) in [5.41, 5.74) is 7.31. The van der Waals surface area contributed by atoms with Crippen LogP contribution in [0.15, 0.2) is 60.2 Å². The Morgan fingerprint density at radius 1 is 0.917 bits per heavy atom. The SMILES string of the molecule is CCOc1cc(/C=C2\C(=O)NC(=O)N(c3cccc(C)c3C)C2=O)ccc1Cc1cc(C)cc(C)c1. The number of hydrogen-bond acceptors (Lipinski definition) is 4. The van der Waals surface area contributed by atoms with Crippen molar-refractivity contribution in [2.24, 2.45) is 0 Å². The number of carbonyl (C=O) groups excluding carboxylic acids is 3. The standard InChI is InChI=1S/C30H30N2O4/c1-6-36-27-17-22(10-11-24(27)15-23-13-18(2)12-19(3)14-23)16-25-28(33)31-30(35)32(29(25)34)26-9-7-8-20(4)21(26)5/h7-14,16-17H,6,15H2,1-5H3,(H,31,33,35)/b25-16+. The Morgan fingerprint density at radius 3 is 2.33 bits per heavy atom. The van der Waals surface area contributed by atoms with E-state index in [1.54, 1.807) is 12.1 Å². The van der Waals surface area contributed by atoms with Crippen molar-refractivity contribution in [3.8, 4) is 5.75 Å². The van der Waals surface area contributed by atoms with Gasteiger partial charge in [0.1, 0.15) is 11.3 Å². The topological polar surface area (TPSA) is 75.7 Å². The minimum Gasteiger partial charge on any atom is -0.494 e. The molecule has 6 nitrogen and oxygen atoms in total. The molecule has 0 spiro atoms. The average molecular weight is 483 g/mol. The Hall–Kier alpha value is -4.19. The molecule has 1 fully saturated rings. The number of ether oxygens (including phenoxy) is 1. The minimum atomic E-state index is -0.755. The number of hydrogen-bond donors (Lipinski definition) is 1. The molecular weight excluding hydrogens is 452 g/mol. The molecule has 0 aromatic heterocycles. The Balaban J connectivity index is 1.70. The van der Waals surface area contributed by atoms with Gasteiger partial charge in [-0.15, -0.1) is 0 Å². The van der Waals surface area contributed by atoms with Crippen LogP contribution >= 0.6 is 0 Å². The van der Waals surface area contributed by atoms with Gasteiger partial charge in [0.25, 0.3) is 11.8 Å². The summed E-state index contributed by atoms with van der Waals surface area (Å²) in [4.78, 5) is 39.6. The fourth-order valence-electron chi connectivity index (χ4n) is 4.51. The van der Waals surface area contributed by atoms with Gasteiger partial charge in [0, 0.05) is 6.42 Å². The van der Waals surface area contributed by atoms with Crippen LogP contribution in [0, 0.1) is 27.7 Å². The predicted octanol–water partition coefficient (Wildman–Crippen LogP) is 5.58. The Bertz CT molecular complexity index is 1380. The lowest BCUT2D eigenvalue weighted by molar-refractivity contribution is -0.122. The summed E-state index contributed by atoms with van der Waals surface area (Å²) in [6.45, 7) is 10.3. The fraction of sp³-hybridized carbons (Fsp3) is 0.233. The third-order valence-corrected chi connectivity index (χ3v) is 6.30. The maximum Gasteiger partial charge on any atom is 0.335 e. The molecule has 4 amide bonds. The Morgan fingerprint density at radius 2 is 1.64 bits per heavy atom. The van der Waals surface area contributed by atoms with Gasteiger partial charge in [0.2, 0.25) is 0 Å². The summed E-state index contributed by atoms with van der Waals surface area (Å²) >= 11 is 0. The van der Waals surface area contributed by atoms with Gasteiger partial charge >= 0.3 is 6.03 Å². The van der Waals surface area contributed by atoms with Crippen molar-refractivity contribution in [3.63, 3.8) is 0 Å². The average Bonchev–Trinajstić information content (AvgIpc) is 2.80. The highest BCUT2D eigenvalue weighted by Crippen LogP contribution is 2.29. The van der Waals surface area contributed by atoms with Crippen LogP contribution in [-0.4, -0.2) is 24.5 Å². The van der Waals surface area contributed by atoms with Crippen molar-refractivity contribution in [1.82, 2.24) is 5.32 Å². The second kappa shape index (κ2) is 10.2. The summed E-state index contributed by atoms with van der Waals surface area (Å²) in [5, 5.41) is 2.30. The zero-order valence-corrected chi connectivity index (χ0v) is 21.3. The number of nitrogens with one attached hydrogen (secondary N) is 1. The zero-order valence-electron chi connectivity index (χ0n) is 21.3. The lowest BCUT2D eigenvalue weighted by Crippen LogP contribution is -2.54. The van der Waals surface area contributed by atoms with E-state index in [9.17, 15) is 14.4 Å². The number of barbiturate groups is 1. The van der Waals surface area contributed by atoms with Crippen molar-refractivity contribution in [2.75, 3.05) is 11.5 Å². The molecule has 0 atom stereocenters. The molecule has 0 unspecified atom stereocenters. The number of anilines is 1. The van der Waals surface area contributed by atoms with E-state index in [-0.39, 0.29) is 5.57 Å². The van der Waals surface area contributed by atoms with E-state index in [2.05, 4.69) is 37.4 Å². The monoisotopic (exact) mass is 482 g/mol. The van der Waals surface area contributed by atoms with Crippen molar-refractivity contribution < 1.29 is 19.1 Å². The summed E-state index contributed by atoms with van der Waals surface area (Å²) in [6, 6.07) is 16.7. The van der Waals surface area contributed by atoms with Crippen LogP contribution in [0.3, 0.4) is 0 Å². The number of carbonyl (C=O) groups is 3. The van der Waals surface area contributed by atoms with Gasteiger partial charge in [0.15, 0.2) is 0 Å². The summed E-state index contributed by atoms with van der Waals surface area (Å²) in [7, 11) is 0. The van der Waals surface area contributed by atoms with Crippen LogP contribution in [0.25, 0.3) is 6.08 Å². The molecule has 1 saturated heterocycles. The molecule has 0 aliphatic carbocycles. The van der Waals surface area contributed by atoms with Crippen molar-refractivity contribution >= 4 is 29.6 Å². The van der Waals surface area contributed by atoms with Gasteiger partial charge in [-0.25, -0.2) is 9.69 Å². The number of amides is 4. The van der Waals surface area contributed by atoms with Crippen LogP contribution in [0.1, 0.15) is 45.9 Å². The van der Waals surface area contributed by atoms with Crippen LogP contribution in [0.5, 0.6) is 5.75 Å². The van der Waals surface area contributed by atoms with E-state index < -0.39 is 17.8 Å². The molecule has 3 aromatic rings. The quantitative estimate of drug-likeness (QED) is 0.368. The smallest absolute Gasteiger partial charge is 0.335 e. The first-order valence-corrected chi connectivity index (χ1v) is 12.0. The molecule has 184 valence electrons. The second-order valence-corrected chi connectivity index (χ2v) is 9.15. The van der Waals surface area contributed by atoms with Gasteiger partial charge in [0.05, 0.1) is 12.3 Å². The number of urea groups is 1. The van der Waals surface area contributed by atoms with Crippen molar-refractivity contribution in [1.29, 1.82) is 0 Å². The molecular formula is C30H30N2O4. The fourth-order valence-corrected chi connectivity index (χ4v) is 4.51. The van der Waals surface area contributed by atoms with E-state index in [0.29, 0.717) is 30.0 Å². The molecule has 0 saturated carbocycles. The minimum absolute atomic E-state index is 0.111. The first-order chi connectivity index (χ1) is 17.2. The lowest BCUT2D eigenvalue weighted by atomic mass is 9.98. The first-order valence-electron chi connectivity index (χ1n) is 12.0. The number of benzene rings is 3. The van der Waals surface area contributed by atoms with Crippen LogP contribution in [0.2, 0.25) is 0 Å². The molecule has 0 radical (unpaired) electrons. The molecule has 36 heavy (non-hydrogen) atoms. The number of aryl methyl sites for hydroxylation is 3. The lowest BCUT2D eigenvalue weighted by Gasteiger charge is -2.28. The summed E-state index contributed by atoms with van der Waals surface area (Å²) in [6.07, 6.45) is 2.20. The van der Waals surface area contributed by atoms with Crippen LogP contribution < -0.4 is 15.0 Å². The highest BCUT2D eigenvalue weighted by atomic mass is 16.5. The van der Waals surface area contributed by atoms with Gasteiger partial charge in [-0.2, -0.15) is 0 Å². The summed E-state index contributed by atoms with van der Waals surface area (Å²) < 4.78 is 5.91. The second-order valence-electron chi connectivity index (χ2n) is 9.15. The molecule has 4 rings (SSSR count). The van der Waals surface area contributed by atoms with Crippen LogP contribution in [0.4, 0.5) is 10.5 Å². The largest absolute Gasteiger partial charge is 0.494 e. The molecule has 1 aliphatic heterocycles. The maximum absolute atomic E-state index is 13.3. The molecule has 1 N–H and O–H groups in total. The summed E-state index contributed by atoms with van der Waals surface area (Å²) in [5.74, 6) is -0.685. The normalized spacial score (nSPS) is 14.9. The Labute approximate surface area is 211 Å². The van der Waals surface area contributed by atoms with Crippen molar-refractivity contribution in [3.05, 3.63) is 99.1 Å². The molecule has 3 aromatic carbocycles. The number of imide groups is 2. The predicted molar refractivity (Wildman–Crippen MR) is 141 cm³/mol. The van der Waals surface area contributed by atoms with E-state index in [1.807, 2.05) is 45.0 Å². The number of nitrogens with zero attached hydrogens (tertiary/aromatic N) is 1. The molecule has 6 heteroatoms. The highest BCUT2D eigenvalue weighted by Gasteiger charge is 2.37. The first kappa shape index (κ1) is 24.9. The third kappa shape index (κ3) is 5.08. The van der Waals surface area contributed by atoms with Gasteiger partial charge < -0.3 is 4.74 Å². The van der Waals surface area contributed by atoms with E-state index >= 15 is 0 Å². The highest BCUT2D eigenvalue weighted by molar-refractivity contribution is 6.39. The van der Waals surface area contributed by atoms with Crippen molar-refractivity contribution in [2.45, 2.75) is 41.0 Å². The molecule has 1 aliphatic rings. The maximum atomic E-state index is 13.3. The van der Waals surface area contributed by atoms with Gasteiger partial charge in [-0.1, -0.05) is 53.6 Å². The molecule has 0 bridgehead atoms. The Kier molecular flexibility index (Phi) is 7.06. The van der Waals surface area contributed by atoms with Gasteiger partial charge in [-0.05, 0) is 80.6 Å². The van der Waals surface area contributed by atoms with E-state index in [4.69, 9.17) is 4.74 Å².